The summed E-state index contributed by atoms with van der Waals surface area (Å²) >= 11 is 12.7. The van der Waals surface area contributed by atoms with Crippen LogP contribution in [0.3, 0.4) is 0 Å². The Morgan fingerprint density at radius 1 is 1.13 bits per heavy atom. The van der Waals surface area contributed by atoms with Crippen molar-refractivity contribution in [3.05, 3.63) is 49.1 Å². The number of hydrogen-bond acceptors (Lipinski definition) is 6. The van der Waals surface area contributed by atoms with E-state index in [2.05, 4.69) is 0 Å². The summed E-state index contributed by atoms with van der Waals surface area (Å²) in [6.07, 6.45) is 5.37. The van der Waals surface area contributed by atoms with Crippen molar-refractivity contribution in [2.75, 3.05) is 19.6 Å². The highest BCUT2D eigenvalue weighted by molar-refractivity contribution is 8.18. The Labute approximate surface area is 185 Å². The smallest absolute Gasteiger partial charge is 0.294 e. The van der Waals surface area contributed by atoms with Crippen molar-refractivity contribution >= 4 is 69.1 Å². The molecule has 30 heavy (non-hydrogen) atoms. The summed E-state index contributed by atoms with van der Waals surface area (Å²) < 4.78 is 5.44. The van der Waals surface area contributed by atoms with Crippen LogP contribution in [0.5, 0.6) is 0 Å². The van der Waals surface area contributed by atoms with Crippen LogP contribution in [-0.2, 0) is 9.59 Å². The molecule has 1 aromatic carbocycles. The van der Waals surface area contributed by atoms with Crippen LogP contribution in [-0.4, -0.2) is 46.5 Å². The third kappa shape index (κ3) is 3.99. The number of benzene rings is 1. The Hall–Kier alpha value is -2.29. The van der Waals surface area contributed by atoms with E-state index in [1.165, 1.54) is 24.5 Å². The summed E-state index contributed by atoms with van der Waals surface area (Å²) in [7, 11) is 0. The van der Waals surface area contributed by atoms with Crippen LogP contribution < -0.4 is 5.43 Å². The van der Waals surface area contributed by atoms with Gasteiger partial charge in [0, 0.05) is 18.1 Å². The van der Waals surface area contributed by atoms with Crippen molar-refractivity contribution in [1.82, 2.24) is 9.80 Å². The van der Waals surface area contributed by atoms with Crippen LogP contribution >= 0.6 is 35.0 Å². The number of piperidine rings is 1. The van der Waals surface area contributed by atoms with Crippen LogP contribution in [0, 0.1) is 0 Å². The Morgan fingerprint density at radius 2 is 1.87 bits per heavy atom. The number of amides is 3. The third-order valence-electron chi connectivity index (χ3n) is 4.98. The molecule has 0 spiro atoms. The van der Waals surface area contributed by atoms with E-state index in [0.717, 1.165) is 24.2 Å². The summed E-state index contributed by atoms with van der Waals surface area (Å²) in [5, 5.41) is 0.0832. The molecule has 2 aliphatic heterocycles. The van der Waals surface area contributed by atoms with Crippen LogP contribution in [0.1, 0.15) is 24.8 Å². The maximum atomic E-state index is 12.8. The Morgan fingerprint density at radius 3 is 2.60 bits per heavy atom. The summed E-state index contributed by atoms with van der Waals surface area (Å²) in [5.41, 5.74) is -0.172. The second-order valence-electron chi connectivity index (χ2n) is 6.99. The summed E-state index contributed by atoms with van der Waals surface area (Å²) in [5.74, 6) is -0.869. The summed E-state index contributed by atoms with van der Waals surface area (Å²) in [6, 6.07) is 2.88. The summed E-state index contributed by atoms with van der Waals surface area (Å²) in [6.45, 7) is 0.960. The van der Waals surface area contributed by atoms with E-state index >= 15 is 0 Å². The lowest BCUT2D eigenvalue weighted by atomic mass is 10.1. The maximum Gasteiger partial charge on any atom is 0.294 e. The largest absolute Gasteiger partial charge is 0.462 e. The van der Waals surface area contributed by atoms with Gasteiger partial charge in [-0.05, 0) is 49.2 Å². The van der Waals surface area contributed by atoms with Crippen molar-refractivity contribution in [2.45, 2.75) is 19.3 Å². The lowest BCUT2D eigenvalue weighted by molar-refractivity contribution is -0.136. The SMILES string of the molecule is O=C(CN1C(=O)S/C(=C\c2coc3c(Cl)cc(Cl)cc3c2=O)C1=O)N1CCCCC1. The van der Waals surface area contributed by atoms with Crippen molar-refractivity contribution in [2.24, 2.45) is 0 Å². The molecule has 2 saturated heterocycles. The molecule has 2 aliphatic rings. The van der Waals surface area contributed by atoms with Gasteiger partial charge in [-0.3, -0.25) is 24.1 Å². The Kier molecular flexibility index (Phi) is 5.90. The third-order valence-corrected chi connectivity index (χ3v) is 6.39. The number of imide groups is 1. The Balaban J connectivity index is 1.60. The zero-order valence-corrected chi connectivity index (χ0v) is 18.0. The highest BCUT2D eigenvalue weighted by atomic mass is 35.5. The van der Waals surface area contributed by atoms with E-state index < -0.39 is 16.6 Å². The van der Waals surface area contributed by atoms with Gasteiger partial charge >= 0.3 is 0 Å². The molecule has 156 valence electrons. The molecule has 10 heteroatoms. The molecule has 1 aromatic heterocycles. The molecule has 3 heterocycles. The van der Waals surface area contributed by atoms with E-state index in [1.54, 1.807) is 4.90 Å². The molecule has 2 fully saturated rings. The van der Waals surface area contributed by atoms with Crippen molar-refractivity contribution < 1.29 is 18.8 Å². The van der Waals surface area contributed by atoms with Crippen LogP contribution in [0.4, 0.5) is 4.79 Å². The standard InChI is InChI=1S/C20H16Cl2N2O5S/c21-12-7-13-17(26)11(10-29-18(13)14(22)8-12)6-15-19(27)24(20(28)30-15)9-16(25)23-4-2-1-3-5-23/h6-8,10H,1-5,9H2/b15-6-. The second-order valence-corrected chi connectivity index (χ2v) is 8.83. The maximum absolute atomic E-state index is 12.8. The lowest BCUT2D eigenvalue weighted by Gasteiger charge is -2.27. The molecule has 4 rings (SSSR count). The molecule has 0 unspecified atom stereocenters. The fourth-order valence-corrected chi connectivity index (χ4v) is 4.80. The topological polar surface area (TPSA) is 87.9 Å². The van der Waals surface area contributed by atoms with Gasteiger partial charge in [0.1, 0.15) is 12.8 Å². The van der Waals surface area contributed by atoms with E-state index in [4.69, 9.17) is 27.6 Å². The van der Waals surface area contributed by atoms with Gasteiger partial charge in [0.05, 0.1) is 20.9 Å². The number of halogens is 2. The molecule has 2 aromatic rings. The van der Waals surface area contributed by atoms with Gasteiger partial charge < -0.3 is 9.32 Å². The van der Waals surface area contributed by atoms with Crippen LogP contribution in [0.25, 0.3) is 17.0 Å². The number of carbonyl (C=O) groups is 3. The van der Waals surface area contributed by atoms with Crippen LogP contribution in [0.2, 0.25) is 10.0 Å². The number of nitrogens with zero attached hydrogens (tertiary/aromatic N) is 2. The lowest BCUT2D eigenvalue weighted by Crippen LogP contribution is -2.44. The predicted molar refractivity (Wildman–Crippen MR) is 116 cm³/mol. The minimum absolute atomic E-state index is 0.0474. The molecule has 0 saturated carbocycles. The van der Waals surface area contributed by atoms with E-state index in [0.29, 0.717) is 24.9 Å². The van der Waals surface area contributed by atoms with Gasteiger partial charge in [-0.2, -0.15) is 0 Å². The summed E-state index contributed by atoms with van der Waals surface area (Å²) in [4.78, 5) is 52.8. The molecule has 0 bridgehead atoms. The first kappa shape index (κ1) is 21.0. The quantitative estimate of drug-likeness (QED) is 0.631. The fraction of sp³-hybridized carbons (Fsp3) is 0.300. The first-order chi connectivity index (χ1) is 14.3. The Bertz CT molecular complexity index is 1150. The number of hydrogen-bond donors (Lipinski definition) is 0. The fourth-order valence-electron chi connectivity index (χ4n) is 3.44. The van der Waals surface area contributed by atoms with Crippen molar-refractivity contribution in [3.8, 4) is 0 Å². The predicted octanol–water partition coefficient (Wildman–Crippen LogP) is 4.15. The molecule has 3 amide bonds. The van der Waals surface area contributed by atoms with Crippen molar-refractivity contribution in [3.63, 3.8) is 0 Å². The highest BCUT2D eigenvalue weighted by Crippen LogP contribution is 2.33. The monoisotopic (exact) mass is 466 g/mol. The van der Waals surface area contributed by atoms with Gasteiger partial charge in [0.2, 0.25) is 5.91 Å². The van der Waals surface area contributed by atoms with E-state index in [9.17, 15) is 19.2 Å². The number of fused-ring (bicyclic) bond motifs is 1. The van der Waals surface area contributed by atoms with Gasteiger partial charge in [-0.25, -0.2) is 0 Å². The van der Waals surface area contributed by atoms with Gasteiger partial charge in [-0.1, -0.05) is 23.2 Å². The number of rotatable bonds is 3. The first-order valence-corrected chi connectivity index (χ1v) is 10.9. The molecule has 7 nitrogen and oxygen atoms in total. The zero-order valence-electron chi connectivity index (χ0n) is 15.7. The number of carbonyl (C=O) groups excluding carboxylic acids is 3. The second kappa shape index (κ2) is 8.45. The van der Waals surface area contributed by atoms with E-state index in [-0.39, 0.29) is 43.9 Å². The van der Waals surface area contributed by atoms with Crippen LogP contribution in [0.15, 0.2) is 32.5 Å². The molecule has 0 aliphatic carbocycles. The first-order valence-electron chi connectivity index (χ1n) is 9.29. The normalized spacial score (nSPS) is 18.7. The minimum atomic E-state index is -0.612. The molecular formula is C20H16Cl2N2O5S. The van der Waals surface area contributed by atoms with E-state index in [1.807, 2.05) is 0 Å². The van der Waals surface area contributed by atoms with Gasteiger partial charge in [-0.15, -0.1) is 0 Å². The minimum Gasteiger partial charge on any atom is -0.462 e. The zero-order chi connectivity index (χ0) is 21.4. The highest BCUT2D eigenvalue weighted by Gasteiger charge is 2.37. The molecule has 0 atom stereocenters. The molecular weight excluding hydrogens is 451 g/mol. The van der Waals surface area contributed by atoms with Gasteiger partial charge in [0.25, 0.3) is 11.1 Å². The molecule has 0 radical (unpaired) electrons. The average Bonchev–Trinajstić information content (AvgIpc) is 2.98. The average molecular weight is 467 g/mol. The number of thioether (sulfide) groups is 1. The molecule has 0 N–H and O–H groups in total. The van der Waals surface area contributed by atoms with Crippen molar-refractivity contribution in [1.29, 1.82) is 0 Å². The van der Waals surface area contributed by atoms with Gasteiger partial charge in [0.15, 0.2) is 11.0 Å². The number of likely N-dealkylation sites (tertiary alicyclic amines) is 1.